The highest BCUT2D eigenvalue weighted by Crippen LogP contribution is 2.52. The molecule has 212 valence electrons. The van der Waals surface area contributed by atoms with Gasteiger partial charge in [-0.25, -0.2) is 9.59 Å². The molecule has 1 aliphatic heterocycles. The number of likely N-dealkylation sites (tertiary alicyclic amines) is 1. The lowest BCUT2D eigenvalue weighted by Gasteiger charge is -2.32. The summed E-state index contributed by atoms with van der Waals surface area (Å²) in [5.41, 5.74) is -0.139. The number of piperidine rings is 1. The van der Waals surface area contributed by atoms with Gasteiger partial charge in [-0.2, -0.15) is 4.98 Å². The number of hydrogen-bond acceptors (Lipinski definition) is 7. The number of benzene rings is 1. The molecule has 0 bridgehead atoms. The molecule has 1 aromatic carbocycles. The van der Waals surface area contributed by atoms with Gasteiger partial charge in [0.1, 0.15) is 11.2 Å². The van der Waals surface area contributed by atoms with E-state index >= 15 is 0 Å². The van der Waals surface area contributed by atoms with Gasteiger partial charge in [-0.15, -0.1) is 0 Å². The fourth-order valence-electron chi connectivity index (χ4n) is 5.40. The molecular weight excluding hydrogens is 496 g/mol. The van der Waals surface area contributed by atoms with Crippen molar-refractivity contribution in [3.05, 3.63) is 47.6 Å². The van der Waals surface area contributed by atoms with Gasteiger partial charge in [0.05, 0.1) is 5.41 Å². The predicted molar refractivity (Wildman–Crippen MR) is 146 cm³/mol. The lowest BCUT2D eigenvalue weighted by Crippen LogP contribution is -2.43. The maximum Gasteiger partial charge on any atom is 0.410 e. The van der Waals surface area contributed by atoms with Crippen LogP contribution in [0.25, 0.3) is 0 Å². The minimum absolute atomic E-state index is 0.100. The SMILES string of the molecule is CC(C)(C)OC(=O)N1CCC(c2nc(C3(CN(C(=O)OC(C)(C)C)[C@H]4C[C@@H]4c4ccccc4)CC3)no2)CC1. The van der Waals surface area contributed by atoms with Gasteiger partial charge in [0.25, 0.3) is 0 Å². The second kappa shape index (κ2) is 10.1. The minimum atomic E-state index is -0.573. The van der Waals surface area contributed by atoms with Crippen molar-refractivity contribution >= 4 is 12.2 Å². The summed E-state index contributed by atoms with van der Waals surface area (Å²) < 4.78 is 17.1. The molecule has 0 unspecified atom stereocenters. The smallest absolute Gasteiger partial charge is 0.410 e. The molecule has 9 nitrogen and oxygen atoms in total. The first kappa shape index (κ1) is 27.5. The first-order chi connectivity index (χ1) is 18.3. The molecule has 2 aromatic rings. The monoisotopic (exact) mass is 538 g/mol. The Balaban J connectivity index is 1.25. The van der Waals surface area contributed by atoms with E-state index < -0.39 is 11.2 Å². The van der Waals surface area contributed by atoms with Crippen molar-refractivity contribution in [1.82, 2.24) is 19.9 Å². The van der Waals surface area contributed by atoms with Gasteiger partial charge in [0, 0.05) is 37.5 Å². The van der Waals surface area contributed by atoms with Crippen LogP contribution in [-0.2, 0) is 14.9 Å². The standard InChI is InChI=1S/C30H42N4O5/c1-28(2,3)37-26(35)33-16-12-21(13-17-33)24-31-25(32-39-24)30(14-15-30)19-34(27(36)38-29(4,5)6)23-18-22(23)20-10-8-7-9-11-20/h7-11,21-23H,12-19H2,1-6H3/t22-,23+/m1/s1. The molecule has 0 spiro atoms. The summed E-state index contributed by atoms with van der Waals surface area (Å²) in [5.74, 6) is 1.72. The van der Waals surface area contributed by atoms with E-state index in [1.54, 1.807) is 4.90 Å². The molecule has 2 heterocycles. The molecule has 5 rings (SSSR count). The van der Waals surface area contributed by atoms with Crippen LogP contribution < -0.4 is 0 Å². The van der Waals surface area contributed by atoms with Gasteiger partial charge < -0.3 is 23.8 Å². The van der Waals surface area contributed by atoms with Crippen LogP contribution in [0.2, 0.25) is 0 Å². The third-order valence-corrected chi connectivity index (χ3v) is 7.75. The molecule has 0 N–H and O–H groups in total. The van der Waals surface area contributed by atoms with Gasteiger partial charge >= 0.3 is 12.2 Å². The fourth-order valence-corrected chi connectivity index (χ4v) is 5.40. The summed E-state index contributed by atoms with van der Waals surface area (Å²) in [5, 5.41) is 4.40. The average molecular weight is 539 g/mol. The summed E-state index contributed by atoms with van der Waals surface area (Å²) in [6.07, 6.45) is 3.68. The third-order valence-electron chi connectivity index (χ3n) is 7.75. The zero-order valence-corrected chi connectivity index (χ0v) is 24.1. The number of hydrogen-bond donors (Lipinski definition) is 0. The average Bonchev–Trinajstić information content (AvgIpc) is 3.77. The van der Waals surface area contributed by atoms with E-state index in [9.17, 15) is 9.59 Å². The number of ether oxygens (including phenoxy) is 2. The molecule has 3 aliphatic rings. The van der Waals surface area contributed by atoms with Crippen LogP contribution in [0.1, 0.15) is 103 Å². The topological polar surface area (TPSA) is 98.0 Å². The van der Waals surface area contributed by atoms with Crippen LogP contribution in [-0.4, -0.2) is 69.0 Å². The second-order valence-corrected chi connectivity index (χ2v) is 13.4. The van der Waals surface area contributed by atoms with Crippen molar-refractivity contribution in [3.63, 3.8) is 0 Å². The highest BCUT2D eigenvalue weighted by Gasteiger charge is 2.55. The molecule has 1 aromatic heterocycles. The molecular formula is C30H42N4O5. The van der Waals surface area contributed by atoms with Crippen molar-refractivity contribution in [2.45, 2.75) is 108 Å². The zero-order chi connectivity index (χ0) is 28.0. The van der Waals surface area contributed by atoms with Crippen LogP contribution in [0.4, 0.5) is 9.59 Å². The van der Waals surface area contributed by atoms with Gasteiger partial charge in [0.2, 0.25) is 5.89 Å². The highest BCUT2D eigenvalue weighted by molar-refractivity contribution is 5.70. The quantitative estimate of drug-likeness (QED) is 0.444. The largest absolute Gasteiger partial charge is 0.444 e. The summed E-state index contributed by atoms with van der Waals surface area (Å²) in [6.45, 7) is 13.0. The summed E-state index contributed by atoms with van der Waals surface area (Å²) >= 11 is 0. The van der Waals surface area contributed by atoms with Gasteiger partial charge in [-0.3, -0.25) is 0 Å². The van der Waals surface area contributed by atoms with E-state index in [0.29, 0.717) is 37.3 Å². The molecule has 2 aliphatic carbocycles. The Kier molecular flexibility index (Phi) is 7.14. The number of carbonyl (C=O) groups excluding carboxylic acids is 2. The first-order valence-electron chi connectivity index (χ1n) is 14.2. The van der Waals surface area contributed by atoms with E-state index in [4.69, 9.17) is 19.0 Å². The van der Waals surface area contributed by atoms with Crippen LogP contribution in [0, 0.1) is 0 Å². The molecule has 1 saturated heterocycles. The number of amides is 2. The van der Waals surface area contributed by atoms with Crippen molar-refractivity contribution in [2.75, 3.05) is 19.6 Å². The summed E-state index contributed by atoms with van der Waals surface area (Å²) in [4.78, 5) is 34.3. The Morgan fingerprint density at radius 3 is 2.26 bits per heavy atom. The van der Waals surface area contributed by atoms with Gasteiger partial charge in [-0.1, -0.05) is 35.5 Å². The van der Waals surface area contributed by atoms with E-state index in [1.807, 2.05) is 64.6 Å². The number of aromatic nitrogens is 2. The summed E-state index contributed by atoms with van der Waals surface area (Å²) in [7, 11) is 0. The molecule has 2 saturated carbocycles. The Bertz CT molecular complexity index is 1170. The Labute approximate surface area is 231 Å². The zero-order valence-electron chi connectivity index (χ0n) is 24.1. The van der Waals surface area contributed by atoms with Crippen LogP contribution in [0.15, 0.2) is 34.9 Å². The van der Waals surface area contributed by atoms with Crippen LogP contribution in [0.3, 0.4) is 0 Å². The van der Waals surface area contributed by atoms with Crippen molar-refractivity contribution in [3.8, 4) is 0 Å². The van der Waals surface area contributed by atoms with E-state index in [0.717, 1.165) is 32.1 Å². The maximum atomic E-state index is 13.4. The Morgan fingerprint density at radius 2 is 1.67 bits per heavy atom. The van der Waals surface area contributed by atoms with Crippen molar-refractivity contribution < 1.29 is 23.6 Å². The minimum Gasteiger partial charge on any atom is -0.444 e. The number of carbonyl (C=O) groups is 2. The molecule has 0 radical (unpaired) electrons. The second-order valence-electron chi connectivity index (χ2n) is 13.4. The Hall–Kier alpha value is -3.10. The molecule has 2 atom stereocenters. The summed E-state index contributed by atoms with van der Waals surface area (Å²) in [6, 6.07) is 10.5. The number of rotatable bonds is 6. The Morgan fingerprint density at radius 1 is 1.03 bits per heavy atom. The van der Waals surface area contributed by atoms with Crippen molar-refractivity contribution in [2.24, 2.45) is 0 Å². The first-order valence-corrected chi connectivity index (χ1v) is 14.2. The lowest BCUT2D eigenvalue weighted by atomic mass is 9.97. The van der Waals surface area contributed by atoms with Crippen molar-refractivity contribution in [1.29, 1.82) is 0 Å². The number of nitrogens with zero attached hydrogens (tertiary/aromatic N) is 4. The predicted octanol–water partition coefficient (Wildman–Crippen LogP) is 6.01. The van der Waals surface area contributed by atoms with Crippen LogP contribution >= 0.6 is 0 Å². The maximum absolute atomic E-state index is 13.4. The fraction of sp³-hybridized carbons (Fsp3) is 0.667. The third kappa shape index (κ3) is 6.56. The highest BCUT2D eigenvalue weighted by atomic mass is 16.6. The normalized spacial score (nSPS) is 22.8. The van der Waals surface area contributed by atoms with Gasteiger partial charge in [-0.05, 0) is 79.2 Å². The molecule has 39 heavy (non-hydrogen) atoms. The van der Waals surface area contributed by atoms with Gasteiger partial charge in [0.15, 0.2) is 5.82 Å². The molecule has 3 fully saturated rings. The van der Waals surface area contributed by atoms with E-state index in [-0.39, 0.29) is 29.6 Å². The molecule has 9 heteroatoms. The van der Waals surface area contributed by atoms with Crippen LogP contribution in [0.5, 0.6) is 0 Å². The molecule has 2 amide bonds. The lowest BCUT2D eigenvalue weighted by molar-refractivity contribution is 0.0192. The van der Waals surface area contributed by atoms with E-state index in [2.05, 4.69) is 17.3 Å². The van der Waals surface area contributed by atoms with E-state index in [1.165, 1.54) is 5.56 Å².